The van der Waals surface area contributed by atoms with Crippen LogP contribution in [0.15, 0.2) is 0 Å². The maximum Gasteiger partial charge on any atom is 4.00 e. The van der Waals surface area contributed by atoms with Gasteiger partial charge >= 0.3 is 21.1 Å². The second-order valence-electron chi connectivity index (χ2n) is 4.03. The zero-order chi connectivity index (χ0) is 13.1. The van der Waals surface area contributed by atoms with Gasteiger partial charge in [-0.05, 0) is 11.8 Å². The Morgan fingerprint density at radius 2 is 0.941 bits per heavy atom. The summed E-state index contributed by atoms with van der Waals surface area (Å²) in [5.74, 6) is 1.06. The largest absolute Gasteiger partial charge is 4.00 e. The number of ether oxygens (including phenoxy) is 2. The molecule has 0 fully saturated rings. The summed E-state index contributed by atoms with van der Waals surface area (Å²) in [6, 6.07) is 0. The molecule has 0 aromatic carbocycles. The zero-order valence-corrected chi connectivity index (χ0v) is 16.0. The van der Waals surface area contributed by atoms with Crippen molar-refractivity contribution in [3.05, 3.63) is 0 Å². The summed E-state index contributed by atoms with van der Waals surface area (Å²) in [7, 11) is 0. The van der Waals surface area contributed by atoms with Crippen LogP contribution in [-0.2, 0) is 81.1 Å². The molecule has 0 aliphatic rings. The minimum atomic E-state index is -0.447. The first kappa shape index (κ1) is 24.1. The molecule has 0 unspecified atom stereocenters. The Labute approximate surface area is 142 Å². The van der Waals surface area contributed by atoms with Crippen molar-refractivity contribution < 1.29 is 30.5 Å². The summed E-state index contributed by atoms with van der Waals surface area (Å²) in [4.78, 5) is 0. The first-order chi connectivity index (χ1) is 7.25. The molecule has 17 heavy (non-hydrogen) atoms. The topological polar surface area (TPSA) is 18.5 Å². The summed E-state index contributed by atoms with van der Waals surface area (Å²) in [6.45, 7) is 9.61. The van der Waals surface area contributed by atoms with Crippen molar-refractivity contribution in [2.45, 2.75) is 37.2 Å². The maximum atomic E-state index is 4.93. The first-order valence-electron chi connectivity index (χ1n) is 5.12. The van der Waals surface area contributed by atoms with Gasteiger partial charge in [-0.2, -0.15) is 9.54 Å². The van der Waals surface area contributed by atoms with Gasteiger partial charge in [-0.1, -0.05) is 27.7 Å². The van der Waals surface area contributed by atoms with Crippen molar-refractivity contribution in [1.29, 1.82) is 0 Å². The molecule has 0 saturated carbocycles. The smallest absolute Gasteiger partial charge is 0.788 e. The van der Waals surface area contributed by atoms with Crippen molar-refractivity contribution in [2.75, 3.05) is 13.2 Å². The minimum Gasteiger partial charge on any atom is -0.788 e. The molecule has 0 aliphatic heterocycles. The zero-order valence-electron chi connectivity index (χ0n) is 10.5. The van der Waals surface area contributed by atoms with Crippen LogP contribution in [0, 0.1) is 11.8 Å². The van der Waals surface area contributed by atoms with E-state index in [1.165, 1.54) is 0 Å². The van der Waals surface area contributed by atoms with Crippen LogP contribution in [0.1, 0.15) is 27.7 Å². The van der Waals surface area contributed by atoms with Gasteiger partial charge in [0.1, 0.15) is 0 Å². The van der Waals surface area contributed by atoms with E-state index in [4.69, 9.17) is 9.47 Å². The van der Waals surface area contributed by atoms with Crippen LogP contribution in [0.5, 0.6) is 0 Å². The van der Waals surface area contributed by atoms with Crippen molar-refractivity contribution in [3.8, 4) is 0 Å². The third-order valence-corrected chi connectivity index (χ3v) is 1.68. The molecule has 0 bridgehead atoms. The van der Waals surface area contributed by atoms with E-state index >= 15 is 0 Å². The summed E-state index contributed by atoms with van der Waals surface area (Å²) < 4.78 is 8.97. The Balaban J connectivity index is -0.000000218. The molecule has 106 valence electrons. The summed E-state index contributed by atoms with van der Waals surface area (Å²) in [5, 5.41) is 0. The van der Waals surface area contributed by atoms with E-state index in [1.807, 2.05) is 0 Å². The van der Waals surface area contributed by atoms with Crippen LogP contribution in [0.2, 0.25) is 0 Å². The van der Waals surface area contributed by atoms with E-state index in [9.17, 15) is 0 Å². The normalized spacial score (nSPS) is 10.6. The van der Waals surface area contributed by atoms with Gasteiger partial charge in [-0.15, -0.1) is 0 Å². The molecule has 0 aromatic heterocycles. The van der Waals surface area contributed by atoms with Gasteiger partial charge < -0.3 is 60.0 Å². The van der Waals surface area contributed by atoms with Crippen LogP contribution >= 0.6 is 0 Å². The summed E-state index contributed by atoms with van der Waals surface area (Å²) >= 11 is 18.4. The van der Waals surface area contributed by atoms with Crippen molar-refractivity contribution in [3.63, 3.8) is 0 Å². The Bertz CT molecular complexity index is 114. The van der Waals surface area contributed by atoms with E-state index in [0.717, 1.165) is 0 Å². The molecule has 0 heterocycles. The second kappa shape index (κ2) is 16.1. The average Bonchev–Trinajstić information content (AvgIpc) is 2.12. The third-order valence-electron chi connectivity index (χ3n) is 1.13. The fourth-order valence-corrected chi connectivity index (χ4v) is 0.856. The molecule has 0 saturated heterocycles. The standard InChI is InChI=1S/2C5H12OS2.Pt/c2*1-4(2)3-6-5(7)8;/h2*4-5,7-8H,3H2,1-2H3;/q;;+4/p-4. The molecule has 7 heteroatoms. The molecule has 0 spiro atoms. The van der Waals surface area contributed by atoms with Gasteiger partial charge in [0, 0.05) is 13.2 Å². The van der Waals surface area contributed by atoms with E-state index in [-0.39, 0.29) is 21.1 Å². The van der Waals surface area contributed by atoms with Gasteiger partial charge in [0.15, 0.2) is 0 Å². The van der Waals surface area contributed by atoms with E-state index in [0.29, 0.717) is 25.0 Å². The Morgan fingerprint density at radius 3 is 1.00 bits per heavy atom. The van der Waals surface area contributed by atoms with Crippen molar-refractivity contribution in [2.24, 2.45) is 11.8 Å². The molecule has 0 radical (unpaired) electrons. The molecule has 0 aromatic rings. The van der Waals surface area contributed by atoms with Gasteiger partial charge in [-0.3, -0.25) is 0 Å². The quantitative estimate of drug-likeness (QED) is 0.522. The summed E-state index contributed by atoms with van der Waals surface area (Å²) in [6.07, 6.45) is 0. The molecular weight excluding hydrogens is 475 g/mol. The van der Waals surface area contributed by atoms with Crippen LogP contribution in [0.4, 0.5) is 0 Å². The van der Waals surface area contributed by atoms with Crippen LogP contribution in [-0.4, -0.2) is 22.7 Å². The molecule has 0 N–H and O–H groups in total. The molecule has 0 rings (SSSR count). The van der Waals surface area contributed by atoms with Crippen LogP contribution < -0.4 is 0 Å². The molecule has 0 atom stereocenters. The Hall–Kier alpha value is 2.01. The molecule has 0 amide bonds. The fraction of sp³-hybridized carbons (Fsp3) is 1.00. The van der Waals surface area contributed by atoms with Gasteiger partial charge in [0.05, 0.1) is 0 Å². The van der Waals surface area contributed by atoms with Gasteiger partial charge in [0.2, 0.25) is 0 Å². The molecular formula is C10H20O2PtS4. The monoisotopic (exact) mass is 495 g/mol. The number of rotatable bonds is 6. The van der Waals surface area contributed by atoms with E-state index < -0.39 is 9.54 Å². The Kier molecular flexibility index (Phi) is 22.7. The maximum absolute atomic E-state index is 4.93. The predicted octanol–water partition coefficient (Wildman–Crippen LogP) is 2.07. The average molecular weight is 496 g/mol. The van der Waals surface area contributed by atoms with E-state index in [2.05, 4.69) is 78.2 Å². The fourth-order valence-electron chi connectivity index (χ4n) is 0.542. The third kappa shape index (κ3) is 32.0. The SMILES string of the molecule is CC(C)COC([S-])[S-].CC(C)COC([S-])[S-].[Pt+4]. The number of hydrogen-bond donors (Lipinski definition) is 0. The Morgan fingerprint density at radius 1 is 0.706 bits per heavy atom. The van der Waals surface area contributed by atoms with E-state index in [1.54, 1.807) is 0 Å². The summed E-state index contributed by atoms with van der Waals surface area (Å²) in [5.41, 5.74) is 0. The number of hydrogen-bond acceptors (Lipinski definition) is 6. The molecule has 0 aliphatic carbocycles. The van der Waals surface area contributed by atoms with Gasteiger partial charge in [-0.25, -0.2) is 0 Å². The minimum absolute atomic E-state index is 0. The predicted molar refractivity (Wildman–Crippen MR) is 78.6 cm³/mol. The first-order valence-corrected chi connectivity index (χ1v) is 7.00. The second-order valence-corrected chi connectivity index (χ2v) is 6.34. The van der Waals surface area contributed by atoms with Crippen LogP contribution in [0.25, 0.3) is 0 Å². The van der Waals surface area contributed by atoms with Crippen LogP contribution in [0.3, 0.4) is 0 Å². The van der Waals surface area contributed by atoms with Gasteiger partial charge in [0.25, 0.3) is 0 Å². The molecule has 2 nitrogen and oxygen atoms in total. The van der Waals surface area contributed by atoms with Crippen molar-refractivity contribution >= 4 is 50.5 Å². The van der Waals surface area contributed by atoms with Crippen molar-refractivity contribution in [1.82, 2.24) is 0 Å².